The van der Waals surface area contributed by atoms with Gasteiger partial charge < -0.3 is 0 Å². The summed E-state index contributed by atoms with van der Waals surface area (Å²) in [6.45, 7) is 9.15. The van der Waals surface area contributed by atoms with Crippen LogP contribution in [-0.2, 0) is 4.79 Å². The van der Waals surface area contributed by atoms with Crippen molar-refractivity contribution in [2.75, 3.05) is 27.2 Å². The van der Waals surface area contributed by atoms with E-state index in [0.29, 0.717) is 18.3 Å². The zero-order valence-electron chi connectivity index (χ0n) is 13.0. The van der Waals surface area contributed by atoms with Gasteiger partial charge in [0.15, 0.2) is 0 Å². The summed E-state index contributed by atoms with van der Waals surface area (Å²) in [5, 5.41) is 3.22. The lowest BCUT2D eigenvalue weighted by atomic mass is 10.1. The molecule has 2 heterocycles. The molecule has 1 saturated heterocycles. The van der Waals surface area contributed by atoms with Crippen LogP contribution in [0.3, 0.4) is 0 Å². The van der Waals surface area contributed by atoms with Crippen molar-refractivity contribution < 1.29 is 14.2 Å². The smallest absolute Gasteiger partial charge is 0.275 e. The molecular formula is C14H22N5O2+. The van der Waals surface area contributed by atoms with Gasteiger partial charge in [0, 0.05) is 14.1 Å². The van der Waals surface area contributed by atoms with E-state index in [1.165, 1.54) is 11.9 Å². The van der Waals surface area contributed by atoms with Gasteiger partial charge in [0.2, 0.25) is 11.9 Å². The number of aliphatic imine (C=N–C) groups is 1. The molecule has 1 fully saturated rings. The number of imide groups is 1. The number of carbonyl (C=O) groups is 2. The van der Waals surface area contributed by atoms with Crippen molar-refractivity contribution in [3.05, 3.63) is 12.2 Å². The largest absolute Gasteiger partial charge is 0.390 e. The lowest BCUT2D eigenvalue weighted by Crippen LogP contribution is -2.61. The third-order valence-electron chi connectivity index (χ3n) is 3.50. The highest BCUT2D eigenvalue weighted by atomic mass is 16.2. The quantitative estimate of drug-likeness (QED) is 0.596. The lowest BCUT2D eigenvalue weighted by molar-refractivity contribution is -0.529. The van der Waals surface area contributed by atoms with Crippen LogP contribution in [-0.4, -0.2) is 71.3 Å². The van der Waals surface area contributed by atoms with Crippen molar-refractivity contribution in [1.29, 1.82) is 0 Å². The van der Waals surface area contributed by atoms with Crippen LogP contribution in [0.2, 0.25) is 0 Å². The summed E-state index contributed by atoms with van der Waals surface area (Å²) >= 11 is 0. The molecule has 0 aromatic rings. The molecule has 0 aromatic carbocycles. The molecule has 0 aromatic heterocycles. The first-order valence-electron chi connectivity index (χ1n) is 7.04. The molecule has 2 rings (SSSR count). The van der Waals surface area contributed by atoms with Gasteiger partial charge in [-0.15, -0.1) is 0 Å². The summed E-state index contributed by atoms with van der Waals surface area (Å²) < 4.78 is 1.87. The van der Waals surface area contributed by atoms with Crippen LogP contribution >= 0.6 is 0 Å². The molecule has 1 atom stereocenters. The average Bonchev–Trinajstić information content (AvgIpc) is 2.78. The Bertz CT molecular complexity index is 564. The molecule has 114 valence electrons. The van der Waals surface area contributed by atoms with E-state index >= 15 is 0 Å². The molecule has 1 unspecified atom stereocenters. The monoisotopic (exact) mass is 292 g/mol. The summed E-state index contributed by atoms with van der Waals surface area (Å²) in [5.41, 5.74) is 0.928. The zero-order chi connectivity index (χ0) is 15.7. The summed E-state index contributed by atoms with van der Waals surface area (Å²) in [6, 6.07) is -0.921. The molecule has 0 saturated carbocycles. The molecule has 7 heteroatoms. The first-order valence-corrected chi connectivity index (χ1v) is 7.04. The van der Waals surface area contributed by atoms with Crippen LogP contribution in [0.4, 0.5) is 4.79 Å². The number of hydrogen-bond donors (Lipinski definition) is 1. The first-order chi connectivity index (χ1) is 9.88. The Hall–Kier alpha value is -2.18. The maximum Gasteiger partial charge on any atom is 0.390 e. The molecule has 2 aliphatic rings. The van der Waals surface area contributed by atoms with E-state index in [2.05, 4.69) is 23.8 Å². The molecule has 7 nitrogen and oxygen atoms in total. The Kier molecular flexibility index (Phi) is 4.11. The summed E-state index contributed by atoms with van der Waals surface area (Å²) in [5.74, 6) is 0.845. The van der Waals surface area contributed by atoms with Crippen molar-refractivity contribution in [3.8, 4) is 0 Å². The molecule has 0 aliphatic carbocycles. The molecule has 0 radical (unpaired) electrons. The van der Waals surface area contributed by atoms with E-state index in [9.17, 15) is 9.59 Å². The number of amides is 3. The number of nitrogens with zero attached hydrogens (tertiary/aromatic N) is 4. The molecule has 0 bridgehead atoms. The Balaban J connectivity index is 2.42. The maximum absolute atomic E-state index is 12.5. The normalized spacial score (nSPS) is 21.7. The molecule has 3 amide bonds. The minimum Gasteiger partial charge on any atom is -0.275 e. The Morgan fingerprint density at radius 1 is 1.38 bits per heavy atom. The Labute approximate surface area is 124 Å². The van der Waals surface area contributed by atoms with Gasteiger partial charge in [-0.2, -0.15) is 0 Å². The predicted octanol–water partition coefficient (Wildman–Crippen LogP) is 0.235. The maximum atomic E-state index is 12.5. The number of carbonyl (C=O) groups excluding carboxylic acids is 2. The minimum absolute atomic E-state index is 0.258. The summed E-state index contributed by atoms with van der Waals surface area (Å²) in [7, 11) is 3.13. The number of likely N-dealkylation sites (N-methyl/N-ethyl adjacent to an activating group) is 2. The highest BCUT2D eigenvalue weighted by Crippen LogP contribution is 2.18. The number of guanidine groups is 1. The Morgan fingerprint density at radius 3 is 2.62 bits per heavy atom. The number of hydrogen-bond acceptors (Lipinski definition) is 4. The fraction of sp³-hybridized carbons (Fsp3) is 0.571. The number of nitrogens with one attached hydrogen (secondary N) is 1. The standard InChI is InChI=1S/C14H21N5O2/c1-6-7-15-13-16-11-10(19(13)8-9(2)3)12(20)18(5)14(21)17(11)4/h10H,2,6-8H2,1,3-5H3/p+1. The van der Waals surface area contributed by atoms with E-state index in [4.69, 9.17) is 0 Å². The molecule has 0 spiro atoms. The first kappa shape index (κ1) is 15.2. The predicted molar refractivity (Wildman–Crippen MR) is 80.4 cm³/mol. The number of urea groups is 1. The topological polar surface area (TPSA) is 68.0 Å². The zero-order valence-corrected chi connectivity index (χ0v) is 13.0. The molecule has 1 N–H and O–H groups in total. The third-order valence-corrected chi connectivity index (χ3v) is 3.50. The van der Waals surface area contributed by atoms with Gasteiger partial charge in [-0.1, -0.05) is 18.5 Å². The summed E-state index contributed by atoms with van der Waals surface area (Å²) in [6.07, 6.45) is 0.947. The van der Waals surface area contributed by atoms with Gasteiger partial charge in [0.1, 0.15) is 0 Å². The van der Waals surface area contributed by atoms with Gasteiger partial charge in [-0.3, -0.25) is 19.9 Å². The lowest BCUT2D eigenvalue weighted by Gasteiger charge is -2.31. The van der Waals surface area contributed by atoms with Crippen molar-refractivity contribution >= 4 is 23.7 Å². The van der Waals surface area contributed by atoms with Gasteiger partial charge in [-0.25, -0.2) is 9.37 Å². The van der Waals surface area contributed by atoms with Crippen LogP contribution < -0.4 is 5.32 Å². The number of amidine groups is 1. The van der Waals surface area contributed by atoms with Crippen molar-refractivity contribution in [1.82, 2.24) is 15.1 Å². The van der Waals surface area contributed by atoms with Crippen LogP contribution in [0, 0.1) is 0 Å². The SMILES string of the molecule is C=C(C)C[N+]1=C(NCCC)N=C2C1C(=O)N(C)C(=O)N2C. The van der Waals surface area contributed by atoms with Crippen molar-refractivity contribution in [2.45, 2.75) is 26.3 Å². The van der Waals surface area contributed by atoms with E-state index in [-0.39, 0.29) is 11.9 Å². The van der Waals surface area contributed by atoms with Gasteiger partial charge in [0.25, 0.3) is 5.91 Å². The van der Waals surface area contributed by atoms with E-state index in [1.807, 2.05) is 11.5 Å². The van der Waals surface area contributed by atoms with Crippen LogP contribution in [0.1, 0.15) is 20.3 Å². The Morgan fingerprint density at radius 2 is 2.05 bits per heavy atom. The van der Waals surface area contributed by atoms with E-state index < -0.39 is 6.04 Å². The second kappa shape index (κ2) is 5.67. The van der Waals surface area contributed by atoms with E-state index in [1.54, 1.807) is 7.05 Å². The van der Waals surface area contributed by atoms with Gasteiger partial charge in [0.05, 0.1) is 13.1 Å². The third kappa shape index (κ3) is 2.55. The molecular weight excluding hydrogens is 270 g/mol. The highest BCUT2D eigenvalue weighted by molar-refractivity contribution is 6.22. The minimum atomic E-state index is -0.561. The van der Waals surface area contributed by atoms with Gasteiger partial charge in [-0.05, 0) is 18.9 Å². The fourth-order valence-corrected chi connectivity index (χ4v) is 2.43. The van der Waals surface area contributed by atoms with Crippen molar-refractivity contribution in [2.24, 2.45) is 4.99 Å². The second-order valence-electron chi connectivity index (χ2n) is 5.45. The highest BCUT2D eigenvalue weighted by Gasteiger charge is 2.51. The van der Waals surface area contributed by atoms with E-state index in [0.717, 1.165) is 23.4 Å². The van der Waals surface area contributed by atoms with Crippen LogP contribution in [0.15, 0.2) is 17.1 Å². The second-order valence-corrected chi connectivity index (χ2v) is 5.45. The molecule has 2 aliphatic heterocycles. The molecule has 21 heavy (non-hydrogen) atoms. The number of rotatable bonds is 4. The van der Waals surface area contributed by atoms with Crippen LogP contribution in [0.5, 0.6) is 0 Å². The van der Waals surface area contributed by atoms with Gasteiger partial charge >= 0.3 is 12.0 Å². The summed E-state index contributed by atoms with van der Waals surface area (Å²) in [4.78, 5) is 31.5. The average molecular weight is 292 g/mol. The van der Waals surface area contributed by atoms with Crippen LogP contribution in [0.25, 0.3) is 0 Å². The van der Waals surface area contributed by atoms with Crippen molar-refractivity contribution in [3.63, 3.8) is 0 Å². The number of fused-ring (bicyclic) bond motifs is 1. The fourth-order valence-electron chi connectivity index (χ4n) is 2.43.